The third-order valence-corrected chi connectivity index (χ3v) is 2.42. The van der Waals surface area contributed by atoms with E-state index in [1.807, 2.05) is 32.0 Å². The highest BCUT2D eigenvalue weighted by atomic mass is 16.5. The minimum absolute atomic E-state index is 0.521. The summed E-state index contributed by atoms with van der Waals surface area (Å²) < 4.78 is 5.70. The number of anilines is 1. The molecule has 0 aliphatic rings. The molecule has 1 aromatic heterocycles. The van der Waals surface area contributed by atoms with E-state index in [0.29, 0.717) is 11.7 Å². The SMILES string of the molecule is Cc1ccc(Oc2cccc(NN)n2)c(C)c1. The fraction of sp³-hybridized carbons (Fsp3) is 0.154. The van der Waals surface area contributed by atoms with Gasteiger partial charge in [-0.3, -0.25) is 0 Å². The standard InChI is InChI=1S/C13H15N3O/c1-9-6-7-11(10(2)8-9)17-13-5-3-4-12(15-13)16-14/h3-8H,14H2,1-2H3,(H,15,16). The summed E-state index contributed by atoms with van der Waals surface area (Å²) >= 11 is 0. The Morgan fingerprint density at radius 2 is 2.00 bits per heavy atom. The van der Waals surface area contributed by atoms with E-state index in [0.717, 1.165) is 11.3 Å². The summed E-state index contributed by atoms with van der Waals surface area (Å²) in [4.78, 5) is 4.19. The molecule has 0 radical (unpaired) electrons. The monoisotopic (exact) mass is 229 g/mol. The van der Waals surface area contributed by atoms with E-state index < -0.39 is 0 Å². The van der Waals surface area contributed by atoms with Crippen LogP contribution in [0.4, 0.5) is 5.82 Å². The number of hydrogen-bond donors (Lipinski definition) is 2. The predicted octanol–water partition coefficient (Wildman–Crippen LogP) is 2.78. The Hall–Kier alpha value is -2.07. The van der Waals surface area contributed by atoms with Gasteiger partial charge in [-0.2, -0.15) is 4.98 Å². The van der Waals surface area contributed by atoms with Crippen LogP contribution in [0, 0.1) is 13.8 Å². The minimum Gasteiger partial charge on any atom is -0.439 e. The number of benzene rings is 1. The average Bonchev–Trinajstić information content (AvgIpc) is 2.33. The molecule has 0 saturated carbocycles. The molecule has 0 saturated heterocycles. The van der Waals surface area contributed by atoms with Crippen molar-refractivity contribution in [1.82, 2.24) is 4.98 Å². The summed E-state index contributed by atoms with van der Waals surface area (Å²) in [5.74, 6) is 7.19. The van der Waals surface area contributed by atoms with Crippen LogP contribution in [0.2, 0.25) is 0 Å². The highest BCUT2D eigenvalue weighted by Crippen LogP contribution is 2.24. The van der Waals surface area contributed by atoms with Crippen molar-refractivity contribution in [2.75, 3.05) is 5.43 Å². The fourth-order valence-corrected chi connectivity index (χ4v) is 1.58. The first-order chi connectivity index (χ1) is 8.19. The first-order valence-electron chi connectivity index (χ1n) is 5.38. The van der Waals surface area contributed by atoms with E-state index in [1.165, 1.54) is 5.56 Å². The summed E-state index contributed by atoms with van der Waals surface area (Å²) in [7, 11) is 0. The van der Waals surface area contributed by atoms with Gasteiger partial charge in [0.15, 0.2) is 0 Å². The summed E-state index contributed by atoms with van der Waals surface area (Å²) in [6, 6.07) is 11.4. The molecule has 0 aliphatic carbocycles. The Morgan fingerprint density at radius 3 is 2.71 bits per heavy atom. The zero-order chi connectivity index (χ0) is 12.3. The van der Waals surface area contributed by atoms with E-state index in [4.69, 9.17) is 10.6 Å². The molecular weight excluding hydrogens is 214 g/mol. The third kappa shape index (κ3) is 2.73. The third-order valence-electron chi connectivity index (χ3n) is 2.42. The molecule has 0 amide bonds. The highest BCUT2D eigenvalue weighted by molar-refractivity contribution is 5.40. The van der Waals surface area contributed by atoms with Gasteiger partial charge in [0.1, 0.15) is 11.6 Å². The number of nitrogens with zero attached hydrogens (tertiary/aromatic N) is 1. The van der Waals surface area contributed by atoms with Crippen molar-refractivity contribution >= 4 is 5.82 Å². The number of ether oxygens (including phenoxy) is 1. The molecule has 2 rings (SSSR count). The molecule has 0 unspecified atom stereocenters. The molecule has 0 bridgehead atoms. The number of nitrogens with one attached hydrogen (secondary N) is 1. The Morgan fingerprint density at radius 1 is 1.18 bits per heavy atom. The first-order valence-corrected chi connectivity index (χ1v) is 5.38. The summed E-state index contributed by atoms with van der Waals surface area (Å²) in [6.07, 6.45) is 0. The van der Waals surface area contributed by atoms with Crippen molar-refractivity contribution < 1.29 is 4.74 Å². The number of hydrogen-bond acceptors (Lipinski definition) is 4. The van der Waals surface area contributed by atoms with E-state index in [2.05, 4.69) is 16.5 Å². The van der Waals surface area contributed by atoms with E-state index in [9.17, 15) is 0 Å². The Labute approximate surface area is 100 Å². The first kappa shape index (κ1) is 11.4. The van der Waals surface area contributed by atoms with Crippen LogP contribution in [0.1, 0.15) is 11.1 Å². The molecule has 17 heavy (non-hydrogen) atoms. The lowest BCUT2D eigenvalue weighted by Gasteiger charge is -2.09. The van der Waals surface area contributed by atoms with Crippen molar-refractivity contribution in [2.45, 2.75) is 13.8 Å². The van der Waals surface area contributed by atoms with Crippen LogP contribution in [0.25, 0.3) is 0 Å². The number of rotatable bonds is 3. The number of nitrogen functional groups attached to an aromatic ring is 1. The summed E-state index contributed by atoms with van der Waals surface area (Å²) in [6.45, 7) is 4.06. The zero-order valence-corrected chi connectivity index (χ0v) is 9.90. The minimum atomic E-state index is 0.521. The van der Waals surface area contributed by atoms with Gasteiger partial charge in [-0.15, -0.1) is 0 Å². The molecule has 0 spiro atoms. The van der Waals surface area contributed by atoms with Crippen molar-refractivity contribution in [1.29, 1.82) is 0 Å². The second kappa shape index (κ2) is 4.84. The molecular formula is C13H15N3O. The maximum atomic E-state index is 5.70. The molecule has 1 heterocycles. The lowest BCUT2D eigenvalue weighted by molar-refractivity contribution is 0.460. The van der Waals surface area contributed by atoms with Crippen LogP contribution in [0.5, 0.6) is 11.6 Å². The number of hydrazine groups is 1. The van der Waals surface area contributed by atoms with Gasteiger partial charge in [0, 0.05) is 6.07 Å². The van der Waals surface area contributed by atoms with E-state index in [-0.39, 0.29) is 0 Å². The van der Waals surface area contributed by atoms with Gasteiger partial charge in [0.2, 0.25) is 5.88 Å². The zero-order valence-electron chi connectivity index (χ0n) is 9.90. The Balaban J connectivity index is 2.25. The topological polar surface area (TPSA) is 60.2 Å². The molecule has 2 aromatic rings. The van der Waals surface area contributed by atoms with Crippen LogP contribution < -0.4 is 16.0 Å². The number of nitrogens with two attached hydrogens (primary N) is 1. The predicted molar refractivity (Wildman–Crippen MR) is 68.0 cm³/mol. The van der Waals surface area contributed by atoms with Crippen molar-refractivity contribution in [3.8, 4) is 11.6 Å². The second-order valence-corrected chi connectivity index (χ2v) is 3.88. The largest absolute Gasteiger partial charge is 0.439 e. The smallest absolute Gasteiger partial charge is 0.221 e. The van der Waals surface area contributed by atoms with Crippen molar-refractivity contribution in [3.63, 3.8) is 0 Å². The van der Waals surface area contributed by atoms with Gasteiger partial charge >= 0.3 is 0 Å². The second-order valence-electron chi connectivity index (χ2n) is 3.88. The lowest BCUT2D eigenvalue weighted by Crippen LogP contribution is -2.08. The number of aromatic nitrogens is 1. The fourth-order valence-electron chi connectivity index (χ4n) is 1.58. The summed E-state index contributed by atoms with van der Waals surface area (Å²) in [5.41, 5.74) is 4.78. The number of aryl methyl sites for hydroxylation is 2. The normalized spacial score (nSPS) is 10.1. The van der Waals surface area contributed by atoms with Crippen molar-refractivity contribution in [2.24, 2.45) is 5.84 Å². The van der Waals surface area contributed by atoms with Crippen molar-refractivity contribution in [3.05, 3.63) is 47.5 Å². The average molecular weight is 229 g/mol. The molecule has 0 aliphatic heterocycles. The molecule has 3 N–H and O–H groups in total. The van der Waals surface area contributed by atoms with Crippen LogP contribution in [0.3, 0.4) is 0 Å². The maximum absolute atomic E-state index is 5.70. The molecule has 0 atom stereocenters. The highest BCUT2D eigenvalue weighted by Gasteiger charge is 2.03. The van der Waals surface area contributed by atoms with Gasteiger partial charge < -0.3 is 10.2 Å². The molecule has 88 valence electrons. The Bertz CT molecular complexity index is 526. The molecule has 4 nitrogen and oxygen atoms in total. The van der Waals surface area contributed by atoms with E-state index in [1.54, 1.807) is 12.1 Å². The van der Waals surface area contributed by atoms with Crippen LogP contribution >= 0.6 is 0 Å². The summed E-state index contributed by atoms with van der Waals surface area (Å²) in [5, 5.41) is 0. The lowest BCUT2D eigenvalue weighted by atomic mass is 10.1. The van der Waals surface area contributed by atoms with Gasteiger partial charge in [-0.05, 0) is 31.5 Å². The van der Waals surface area contributed by atoms with E-state index >= 15 is 0 Å². The quantitative estimate of drug-likeness (QED) is 0.627. The van der Waals surface area contributed by atoms with Gasteiger partial charge in [-0.1, -0.05) is 23.8 Å². The Kier molecular flexibility index (Phi) is 3.25. The number of pyridine rings is 1. The van der Waals surface area contributed by atoms with Crippen LogP contribution in [-0.2, 0) is 0 Å². The van der Waals surface area contributed by atoms with Crippen LogP contribution in [0.15, 0.2) is 36.4 Å². The van der Waals surface area contributed by atoms with Gasteiger partial charge in [-0.25, -0.2) is 5.84 Å². The molecule has 0 fully saturated rings. The molecule has 1 aromatic carbocycles. The van der Waals surface area contributed by atoms with Gasteiger partial charge in [0.05, 0.1) is 0 Å². The maximum Gasteiger partial charge on any atom is 0.221 e. The van der Waals surface area contributed by atoms with Crippen LogP contribution in [-0.4, -0.2) is 4.98 Å². The molecule has 4 heteroatoms. The van der Waals surface area contributed by atoms with Gasteiger partial charge in [0.25, 0.3) is 0 Å².